The van der Waals surface area contributed by atoms with Gasteiger partial charge in [0, 0.05) is 13.2 Å². The van der Waals surface area contributed by atoms with Crippen molar-refractivity contribution in [2.24, 2.45) is 12.5 Å². The summed E-state index contributed by atoms with van der Waals surface area (Å²) in [4.78, 5) is 0. The summed E-state index contributed by atoms with van der Waals surface area (Å²) in [5, 5.41) is 14.4. The van der Waals surface area contributed by atoms with E-state index in [0.717, 1.165) is 18.5 Å². The average Bonchev–Trinajstić information content (AvgIpc) is 2.74. The molecule has 1 N–H and O–H groups in total. The van der Waals surface area contributed by atoms with E-state index in [1.165, 1.54) is 12.8 Å². The second-order valence-corrected chi connectivity index (χ2v) is 4.64. The fourth-order valence-corrected chi connectivity index (χ4v) is 2.47. The van der Waals surface area contributed by atoms with Gasteiger partial charge in [-0.05, 0) is 24.3 Å². The molecule has 78 valence electrons. The van der Waals surface area contributed by atoms with Crippen LogP contribution in [0.5, 0.6) is 0 Å². The molecule has 1 saturated carbocycles. The van der Waals surface area contributed by atoms with E-state index in [9.17, 15) is 5.11 Å². The SMILES string of the molecule is Cn1nccc1C(O)C1(C)CCCC1. The molecule has 1 aliphatic rings. The Morgan fingerprint density at radius 3 is 2.64 bits per heavy atom. The number of hydrogen-bond donors (Lipinski definition) is 1. The molecule has 1 aromatic heterocycles. The molecule has 1 aliphatic carbocycles. The monoisotopic (exact) mass is 194 g/mol. The van der Waals surface area contributed by atoms with Crippen molar-refractivity contribution in [3.8, 4) is 0 Å². The van der Waals surface area contributed by atoms with Gasteiger partial charge in [0.05, 0.1) is 5.69 Å². The van der Waals surface area contributed by atoms with Crippen LogP contribution in [-0.2, 0) is 7.05 Å². The van der Waals surface area contributed by atoms with Crippen LogP contribution in [0, 0.1) is 5.41 Å². The van der Waals surface area contributed by atoms with Gasteiger partial charge in [0.25, 0.3) is 0 Å². The highest BCUT2D eigenvalue weighted by molar-refractivity contribution is 5.09. The van der Waals surface area contributed by atoms with E-state index in [0.29, 0.717) is 0 Å². The number of aromatic nitrogens is 2. The second kappa shape index (κ2) is 3.39. The van der Waals surface area contributed by atoms with Crippen molar-refractivity contribution >= 4 is 0 Å². The highest BCUT2D eigenvalue weighted by atomic mass is 16.3. The number of nitrogens with zero attached hydrogens (tertiary/aromatic N) is 2. The molecule has 1 fully saturated rings. The molecular formula is C11H18N2O. The van der Waals surface area contributed by atoms with E-state index in [1.54, 1.807) is 10.9 Å². The third-order valence-electron chi connectivity index (χ3n) is 3.54. The third kappa shape index (κ3) is 1.46. The lowest BCUT2D eigenvalue weighted by atomic mass is 9.81. The Morgan fingerprint density at radius 1 is 1.50 bits per heavy atom. The first-order valence-electron chi connectivity index (χ1n) is 5.29. The maximum absolute atomic E-state index is 10.3. The van der Waals surface area contributed by atoms with Crippen molar-refractivity contribution in [2.45, 2.75) is 38.7 Å². The predicted octanol–water partition coefficient (Wildman–Crippen LogP) is 2.03. The van der Waals surface area contributed by atoms with Crippen LogP contribution < -0.4 is 0 Å². The van der Waals surface area contributed by atoms with E-state index >= 15 is 0 Å². The van der Waals surface area contributed by atoms with Gasteiger partial charge in [0.2, 0.25) is 0 Å². The number of rotatable bonds is 2. The zero-order valence-corrected chi connectivity index (χ0v) is 8.90. The highest BCUT2D eigenvalue weighted by Gasteiger charge is 2.37. The Kier molecular flexibility index (Phi) is 2.35. The van der Waals surface area contributed by atoms with Crippen molar-refractivity contribution in [1.29, 1.82) is 0 Å². The quantitative estimate of drug-likeness (QED) is 0.782. The van der Waals surface area contributed by atoms with Crippen LogP contribution >= 0.6 is 0 Å². The fraction of sp³-hybridized carbons (Fsp3) is 0.727. The summed E-state index contributed by atoms with van der Waals surface area (Å²) in [7, 11) is 1.89. The lowest BCUT2D eigenvalue weighted by molar-refractivity contribution is 0.0343. The van der Waals surface area contributed by atoms with Crippen LogP contribution in [0.1, 0.15) is 44.4 Å². The van der Waals surface area contributed by atoms with Gasteiger partial charge >= 0.3 is 0 Å². The summed E-state index contributed by atoms with van der Waals surface area (Å²) in [5.74, 6) is 0. The largest absolute Gasteiger partial charge is 0.386 e. The summed E-state index contributed by atoms with van der Waals surface area (Å²) < 4.78 is 1.77. The van der Waals surface area contributed by atoms with Gasteiger partial charge in [-0.1, -0.05) is 19.8 Å². The van der Waals surface area contributed by atoms with Gasteiger partial charge in [-0.3, -0.25) is 4.68 Å². The predicted molar refractivity (Wildman–Crippen MR) is 54.7 cm³/mol. The van der Waals surface area contributed by atoms with E-state index in [4.69, 9.17) is 0 Å². The number of hydrogen-bond acceptors (Lipinski definition) is 2. The summed E-state index contributed by atoms with van der Waals surface area (Å²) in [6, 6.07) is 1.91. The normalized spacial score (nSPS) is 22.5. The Bertz CT molecular complexity index is 313. The first-order chi connectivity index (χ1) is 6.63. The minimum Gasteiger partial charge on any atom is -0.386 e. The lowest BCUT2D eigenvalue weighted by Gasteiger charge is -2.29. The van der Waals surface area contributed by atoms with Gasteiger partial charge in [-0.15, -0.1) is 0 Å². The van der Waals surface area contributed by atoms with Gasteiger partial charge in [-0.2, -0.15) is 5.10 Å². The summed E-state index contributed by atoms with van der Waals surface area (Å²) in [6.07, 6.45) is 6.12. The van der Waals surface area contributed by atoms with Crippen LogP contribution in [-0.4, -0.2) is 14.9 Å². The zero-order chi connectivity index (χ0) is 10.2. The lowest BCUT2D eigenvalue weighted by Crippen LogP contribution is -2.24. The zero-order valence-electron chi connectivity index (χ0n) is 8.90. The molecule has 3 nitrogen and oxygen atoms in total. The van der Waals surface area contributed by atoms with Gasteiger partial charge in [0.15, 0.2) is 0 Å². The number of aliphatic hydroxyl groups is 1. The maximum atomic E-state index is 10.3. The fourth-order valence-electron chi connectivity index (χ4n) is 2.47. The van der Waals surface area contributed by atoms with Crippen LogP contribution in [0.2, 0.25) is 0 Å². The summed E-state index contributed by atoms with van der Waals surface area (Å²) >= 11 is 0. The Balaban J connectivity index is 2.23. The van der Waals surface area contributed by atoms with Crippen LogP contribution in [0.3, 0.4) is 0 Å². The maximum Gasteiger partial charge on any atom is 0.101 e. The molecular weight excluding hydrogens is 176 g/mol. The van der Waals surface area contributed by atoms with Crippen molar-refractivity contribution in [1.82, 2.24) is 9.78 Å². The molecule has 3 heteroatoms. The van der Waals surface area contributed by atoms with Crippen molar-refractivity contribution in [2.75, 3.05) is 0 Å². The minimum atomic E-state index is -0.363. The molecule has 1 atom stereocenters. The molecule has 0 spiro atoms. The molecule has 2 rings (SSSR count). The second-order valence-electron chi connectivity index (χ2n) is 4.64. The molecule has 1 unspecified atom stereocenters. The first-order valence-corrected chi connectivity index (χ1v) is 5.29. The molecule has 0 radical (unpaired) electrons. The van der Waals surface area contributed by atoms with Crippen LogP contribution in [0.25, 0.3) is 0 Å². The highest BCUT2D eigenvalue weighted by Crippen LogP contribution is 2.46. The van der Waals surface area contributed by atoms with Gasteiger partial charge < -0.3 is 5.11 Å². The van der Waals surface area contributed by atoms with E-state index in [1.807, 2.05) is 13.1 Å². The topological polar surface area (TPSA) is 38.0 Å². The smallest absolute Gasteiger partial charge is 0.101 e. The molecule has 0 amide bonds. The van der Waals surface area contributed by atoms with Crippen molar-refractivity contribution < 1.29 is 5.11 Å². The number of aliphatic hydroxyl groups excluding tert-OH is 1. The first kappa shape index (κ1) is 9.71. The van der Waals surface area contributed by atoms with E-state index in [2.05, 4.69) is 12.0 Å². The van der Waals surface area contributed by atoms with Crippen molar-refractivity contribution in [3.05, 3.63) is 18.0 Å². The van der Waals surface area contributed by atoms with Gasteiger partial charge in [-0.25, -0.2) is 0 Å². The van der Waals surface area contributed by atoms with Crippen LogP contribution in [0.15, 0.2) is 12.3 Å². The summed E-state index contributed by atoms with van der Waals surface area (Å²) in [5.41, 5.74) is 1.00. The standard InChI is InChI=1S/C11H18N2O/c1-11(6-3-4-7-11)10(14)9-5-8-12-13(9)2/h5,8,10,14H,3-4,6-7H2,1-2H3. The van der Waals surface area contributed by atoms with Gasteiger partial charge in [0.1, 0.15) is 6.10 Å². The Morgan fingerprint density at radius 2 is 2.14 bits per heavy atom. The molecule has 0 aromatic carbocycles. The number of aryl methyl sites for hydroxylation is 1. The average molecular weight is 194 g/mol. The third-order valence-corrected chi connectivity index (χ3v) is 3.54. The minimum absolute atomic E-state index is 0.0633. The Labute approximate surface area is 84.7 Å². The van der Waals surface area contributed by atoms with Crippen LogP contribution in [0.4, 0.5) is 0 Å². The van der Waals surface area contributed by atoms with Crippen molar-refractivity contribution in [3.63, 3.8) is 0 Å². The summed E-state index contributed by atoms with van der Waals surface area (Å²) in [6.45, 7) is 2.18. The molecule has 0 bridgehead atoms. The molecule has 1 aromatic rings. The molecule has 1 heterocycles. The molecule has 0 aliphatic heterocycles. The Hall–Kier alpha value is -0.830. The van der Waals surface area contributed by atoms with E-state index in [-0.39, 0.29) is 11.5 Å². The van der Waals surface area contributed by atoms with E-state index < -0.39 is 0 Å². The molecule has 14 heavy (non-hydrogen) atoms. The molecule has 0 saturated heterocycles.